The third-order valence-corrected chi connectivity index (χ3v) is 4.65. The minimum absolute atomic E-state index is 0.806. The molecule has 0 fully saturated rings. The molecular formula is C23H21BrN4O. The first kappa shape index (κ1) is 19.4. The van der Waals surface area contributed by atoms with E-state index in [0.717, 1.165) is 56.8 Å². The van der Waals surface area contributed by atoms with E-state index in [1.807, 2.05) is 42.5 Å². The number of hydrogen-bond acceptors (Lipinski definition) is 3. The van der Waals surface area contributed by atoms with Crippen LogP contribution in [0.15, 0.2) is 48.5 Å². The highest BCUT2D eigenvalue weighted by molar-refractivity contribution is 9.09. The average Bonchev–Trinajstić information content (AvgIpc) is 3.48. The Labute approximate surface area is 177 Å². The van der Waals surface area contributed by atoms with Crippen LogP contribution in [0.3, 0.4) is 0 Å². The van der Waals surface area contributed by atoms with Crippen LogP contribution in [0.4, 0.5) is 0 Å². The highest BCUT2D eigenvalue weighted by Crippen LogP contribution is 2.17. The molecule has 0 amide bonds. The molecule has 0 saturated carbocycles. The zero-order chi connectivity index (χ0) is 20.1. The van der Waals surface area contributed by atoms with Crippen molar-refractivity contribution in [2.75, 3.05) is 19.0 Å². The van der Waals surface area contributed by atoms with Gasteiger partial charge in [0.15, 0.2) is 0 Å². The van der Waals surface area contributed by atoms with Crippen LogP contribution in [0.5, 0.6) is 0 Å². The molecule has 2 aliphatic rings. The normalized spacial score (nSPS) is 11.9. The average molecular weight is 449 g/mol. The summed E-state index contributed by atoms with van der Waals surface area (Å²) in [5, 5.41) is 0.934. The Morgan fingerprint density at radius 1 is 0.690 bits per heavy atom. The second kappa shape index (κ2) is 9.03. The van der Waals surface area contributed by atoms with Crippen molar-refractivity contribution in [2.24, 2.45) is 0 Å². The first-order chi connectivity index (χ1) is 14.2. The summed E-state index contributed by atoms with van der Waals surface area (Å²) in [6.07, 6.45) is 8.05. The maximum atomic E-state index is 4.64. The SMILES string of the molecule is C1=Cc2cc3ccc(cc4ccc(cc5nc(cc1n2)C=C5)[nH]4)[nH]3.COCCBr. The summed E-state index contributed by atoms with van der Waals surface area (Å²) in [6, 6.07) is 16.4. The Morgan fingerprint density at radius 2 is 1.10 bits per heavy atom. The van der Waals surface area contributed by atoms with E-state index in [0.29, 0.717) is 0 Å². The van der Waals surface area contributed by atoms with Gasteiger partial charge in [-0.3, -0.25) is 0 Å². The van der Waals surface area contributed by atoms with Gasteiger partial charge in [0.05, 0.1) is 29.4 Å². The number of fused-ring (bicyclic) bond motifs is 8. The smallest absolute Gasteiger partial charge is 0.0659 e. The first-order valence-corrected chi connectivity index (χ1v) is 10.4. The van der Waals surface area contributed by atoms with E-state index >= 15 is 0 Å². The molecule has 0 atom stereocenters. The molecule has 29 heavy (non-hydrogen) atoms. The topological polar surface area (TPSA) is 66.6 Å². The summed E-state index contributed by atoms with van der Waals surface area (Å²) < 4.78 is 4.64. The number of aromatic nitrogens is 4. The molecule has 2 N–H and O–H groups in total. The van der Waals surface area contributed by atoms with E-state index in [1.165, 1.54) is 0 Å². The molecule has 8 bridgehead atoms. The lowest BCUT2D eigenvalue weighted by Crippen LogP contribution is -1.85. The second-order valence-electron chi connectivity index (χ2n) is 6.59. The van der Waals surface area contributed by atoms with Crippen LogP contribution in [0, 0.1) is 0 Å². The van der Waals surface area contributed by atoms with Gasteiger partial charge in [0.2, 0.25) is 0 Å². The lowest BCUT2D eigenvalue weighted by atomic mass is 10.3. The number of rotatable bonds is 2. The van der Waals surface area contributed by atoms with Crippen LogP contribution in [0.2, 0.25) is 0 Å². The minimum Gasteiger partial charge on any atom is -0.384 e. The van der Waals surface area contributed by atoms with Gasteiger partial charge in [-0.1, -0.05) is 15.9 Å². The van der Waals surface area contributed by atoms with Gasteiger partial charge < -0.3 is 14.7 Å². The second-order valence-corrected chi connectivity index (χ2v) is 7.38. The summed E-state index contributed by atoms with van der Waals surface area (Å²) >= 11 is 3.18. The number of alkyl halides is 1. The molecule has 0 radical (unpaired) electrons. The Morgan fingerprint density at radius 3 is 1.48 bits per heavy atom. The zero-order valence-corrected chi connectivity index (χ0v) is 17.6. The van der Waals surface area contributed by atoms with Crippen molar-refractivity contribution >= 4 is 62.3 Å². The maximum Gasteiger partial charge on any atom is 0.0659 e. The molecule has 0 spiro atoms. The minimum atomic E-state index is 0.806. The van der Waals surface area contributed by atoms with E-state index in [2.05, 4.69) is 70.9 Å². The van der Waals surface area contributed by atoms with Crippen molar-refractivity contribution in [3.05, 3.63) is 71.3 Å². The van der Waals surface area contributed by atoms with Gasteiger partial charge >= 0.3 is 0 Å². The Kier molecular flexibility index (Phi) is 6.03. The molecule has 146 valence electrons. The third kappa shape index (κ3) is 5.10. The van der Waals surface area contributed by atoms with E-state index in [9.17, 15) is 0 Å². The Hall–Kier alpha value is -2.96. The summed E-state index contributed by atoms with van der Waals surface area (Å²) in [5.74, 6) is 0. The largest absolute Gasteiger partial charge is 0.384 e. The van der Waals surface area contributed by atoms with Crippen LogP contribution in [-0.2, 0) is 4.74 Å². The molecule has 0 saturated heterocycles. The monoisotopic (exact) mass is 448 g/mol. The summed E-state index contributed by atoms with van der Waals surface area (Å²) in [5.41, 5.74) is 7.86. The van der Waals surface area contributed by atoms with E-state index in [-0.39, 0.29) is 0 Å². The van der Waals surface area contributed by atoms with Gasteiger partial charge in [-0.15, -0.1) is 0 Å². The number of methoxy groups -OCH3 is 1. The van der Waals surface area contributed by atoms with E-state index < -0.39 is 0 Å². The van der Waals surface area contributed by atoms with Crippen molar-refractivity contribution in [1.29, 1.82) is 0 Å². The maximum absolute atomic E-state index is 4.64. The van der Waals surface area contributed by atoms with Gasteiger partial charge in [-0.2, -0.15) is 0 Å². The number of ether oxygens (including phenoxy) is 1. The van der Waals surface area contributed by atoms with Crippen molar-refractivity contribution < 1.29 is 4.74 Å². The fourth-order valence-electron chi connectivity index (χ4n) is 3.02. The summed E-state index contributed by atoms with van der Waals surface area (Å²) in [4.78, 5) is 16.0. The van der Waals surface area contributed by atoms with Crippen molar-refractivity contribution in [3.8, 4) is 0 Å². The van der Waals surface area contributed by atoms with Crippen molar-refractivity contribution in [1.82, 2.24) is 19.9 Å². The van der Waals surface area contributed by atoms with Crippen molar-refractivity contribution in [2.45, 2.75) is 0 Å². The third-order valence-electron chi connectivity index (χ3n) is 4.32. The molecule has 5 heterocycles. The molecule has 0 aromatic carbocycles. The Balaban J connectivity index is 0.000000369. The van der Waals surface area contributed by atoms with Crippen LogP contribution >= 0.6 is 15.9 Å². The van der Waals surface area contributed by atoms with Crippen LogP contribution in [-0.4, -0.2) is 39.0 Å². The number of hydrogen-bond donors (Lipinski definition) is 2. The van der Waals surface area contributed by atoms with Gasteiger partial charge in [0.1, 0.15) is 0 Å². The number of aromatic amines is 2. The van der Waals surface area contributed by atoms with Crippen LogP contribution in [0.1, 0.15) is 22.8 Å². The lowest BCUT2D eigenvalue weighted by Gasteiger charge is -1.86. The molecule has 6 heteroatoms. The number of nitrogens with zero attached hydrogens (tertiary/aromatic N) is 2. The Bertz CT molecular complexity index is 1130. The predicted octanol–water partition coefficient (Wildman–Crippen LogP) is 5.68. The summed E-state index contributed by atoms with van der Waals surface area (Å²) in [6.45, 7) is 0.806. The van der Waals surface area contributed by atoms with Gasteiger partial charge in [0.25, 0.3) is 0 Å². The fraction of sp³-hybridized carbons (Fsp3) is 0.130. The molecule has 0 aliphatic carbocycles. The number of nitrogens with one attached hydrogen (secondary N) is 2. The standard InChI is InChI=1S/C20H14N4.C3H7BrO/c1-2-14-10-16-5-6-18(23-16)12-20-8-7-19(24-20)11-17-4-3-15(22-17)9-13(1)21-14;1-5-3-2-4/h1-12,21-22H;2-3H2,1H3. The molecule has 5 nitrogen and oxygen atoms in total. The molecule has 3 aromatic rings. The van der Waals surface area contributed by atoms with Crippen molar-refractivity contribution in [3.63, 3.8) is 0 Å². The fourth-order valence-corrected chi connectivity index (χ4v) is 3.34. The number of halogens is 1. The van der Waals surface area contributed by atoms with Gasteiger partial charge in [-0.25, -0.2) is 9.97 Å². The zero-order valence-electron chi connectivity index (χ0n) is 16.0. The van der Waals surface area contributed by atoms with Crippen LogP contribution in [0.25, 0.3) is 46.4 Å². The predicted molar refractivity (Wildman–Crippen MR) is 125 cm³/mol. The highest BCUT2D eigenvalue weighted by Gasteiger charge is 2.02. The van der Waals surface area contributed by atoms with Gasteiger partial charge in [-0.05, 0) is 72.8 Å². The molecule has 5 rings (SSSR count). The molecule has 2 aliphatic heterocycles. The molecule has 3 aromatic heterocycles. The van der Waals surface area contributed by atoms with Crippen LogP contribution < -0.4 is 0 Å². The lowest BCUT2D eigenvalue weighted by molar-refractivity contribution is 0.219. The molecule has 0 unspecified atom stereocenters. The van der Waals surface area contributed by atoms with E-state index in [4.69, 9.17) is 0 Å². The van der Waals surface area contributed by atoms with Gasteiger partial charge in [0, 0.05) is 34.5 Å². The highest BCUT2D eigenvalue weighted by atomic mass is 79.9. The first-order valence-electron chi connectivity index (χ1n) is 9.31. The van der Waals surface area contributed by atoms with E-state index in [1.54, 1.807) is 7.11 Å². The summed E-state index contributed by atoms with van der Waals surface area (Å²) in [7, 11) is 1.68. The quantitative estimate of drug-likeness (QED) is 0.341. The molecular weight excluding hydrogens is 428 g/mol. The number of H-pyrrole nitrogens is 2.